The number of likely N-dealkylation sites (tertiary alicyclic amines) is 1. The predicted octanol–water partition coefficient (Wildman–Crippen LogP) is 4.72. The van der Waals surface area contributed by atoms with Gasteiger partial charge in [0.15, 0.2) is 0 Å². The van der Waals surface area contributed by atoms with E-state index in [0.29, 0.717) is 24.1 Å². The minimum Gasteiger partial charge on any atom is -0.455 e. The first-order chi connectivity index (χ1) is 25.0. The van der Waals surface area contributed by atoms with Crippen LogP contribution in [0.3, 0.4) is 0 Å². The predicted molar refractivity (Wildman–Crippen MR) is 201 cm³/mol. The number of alkyl halides is 1. The van der Waals surface area contributed by atoms with Crippen LogP contribution in [-0.4, -0.2) is 95.2 Å². The van der Waals surface area contributed by atoms with Crippen LogP contribution < -0.4 is 10.2 Å². The molecule has 2 N–H and O–H groups in total. The Balaban J connectivity index is 1.56. The van der Waals surface area contributed by atoms with E-state index in [0.717, 1.165) is 11.1 Å². The lowest BCUT2D eigenvalue weighted by molar-refractivity contribution is -0.163. The minimum atomic E-state index is -1.39. The van der Waals surface area contributed by atoms with Crippen molar-refractivity contribution in [3.63, 3.8) is 0 Å². The highest BCUT2D eigenvalue weighted by Gasteiger charge is 2.77. The molecule has 3 fully saturated rings. The summed E-state index contributed by atoms with van der Waals surface area (Å²) >= 11 is 3.74. The summed E-state index contributed by atoms with van der Waals surface area (Å²) in [7, 11) is 1.50. The SMILES string of the molecule is C=CCCC(=O)N[C@H](COC)[C@H](OC(=O)[C@H]1[C@@H]2O[C@@]3(CC2Br)[C@@H]1C(=O)N([C@@H](CC)CO)[C@@H]3C(=O)N(CC=C)c1cc(C)ccc1C)c1ccccc1. The van der Waals surface area contributed by atoms with Crippen molar-refractivity contribution in [1.29, 1.82) is 0 Å². The molecule has 0 aliphatic carbocycles. The monoisotopic (exact) mass is 779 g/mol. The third kappa shape index (κ3) is 7.35. The van der Waals surface area contributed by atoms with Crippen LogP contribution in [0.5, 0.6) is 0 Å². The lowest BCUT2D eigenvalue weighted by Gasteiger charge is -2.39. The number of carbonyl (C=O) groups is 4. The van der Waals surface area contributed by atoms with Gasteiger partial charge in [-0.05, 0) is 55.9 Å². The van der Waals surface area contributed by atoms with Crippen LogP contribution in [0.15, 0.2) is 73.8 Å². The number of hydrogen-bond donors (Lipinski definition) is 2. The molecule has 2 aromatic carbocycles. The average molecular weight is 781 g/mol. The number of carbonyl (C=O) groups excluding carboxylic acids is 4. The molecular formula is C40H50BrN3O8. The second kappa shape index (κ2) is 16.9. The lowest BCUT2D eigenvalue weighted by Crippen LogP contribution is -2.59. The maximum atomic E-state index is 15.0. The lowest BCUT2D eigenvalue weighted by atomic mass is 9.70. The van der Waals surface area contributed by atoms with Gasteiger partial charge in [-0.15, -0.1) is 13.2 Å². The van der Waals surface area contributed by atoms with Crippen LogP contribution in [-0.2, 0) is 33.4 Å². The van der Waals surface area contributed by atoms with Crippen LogP contribution in [0.4, 0.5) is 5.69 Å². The molecule has 3 saturated heterocycles. The Hall–Kier alpha value is -3.84. The highest BCUT2D eigenvalue weighted by molar-refractivity contribution is 9.09. The van der Waals surface area contributed by atoms with Gasteiger partial charge in [-0.25, -0.2) is 0 Å². The summed E-state index contributed by atoms with van der Waals surface area (Å²) in [6.45, 7) is 13.1. The fourth-order valence-corrected chi connectivity index (χ4v) is 9.09. The molecule has 11 nitrogen and oxygen atoms in total. The zero-order valence-corrected chi connectivity index (χ0v) is 31.9. The number of nitrogens with zero attached hydrogens (tertiary/aromatic N) is 2. The number of esters is 1. The Morgan fingerprint density at radius 1 is 1.17 bits per heavy atom. The zero-order valence-electron chi connectivity index (χ0n) is 30.3. The fourth-order valence-electron chi connectivity index (χ4n) is 8.14. The van der Waals surface area contributed by atoms with Gasteiger partial charge in [0.2, 0.25) is 11.8 Å². The molecule has 1 spiro atoms. The van der Waals surface area contributed by atoms with Gasteiger partial charge in [0, 0.05) is 30.6 Å². The summed E-state index contributed by atoms with van der Waals surface area (Å²) in [4.78, 5) is 60.0. The van der Waals surface area contributed by atoms with Crippen molar-refractivity contribution in [2.75, 3.05) is 31.8 Å². The van der Waals surface area contributed by atoms with E-state index in [9.17, 15) is 19.5 Å². The zero-order chi connectivity index (χ0) is 37.7. The van der Waals surface area contributed by atoms with Crippen LogP contribution in [0, 0.1) is 25.7 Å². The Bertz CT molecular complexity index is 1650. The number of halogens is 1. The van der Waals surface area contributed by atoms with E-state index in [1.165, 1.54) is 12.0 Å². The number of aryl methyl sites for hydroxylation is 2. The first kappa shape index (κ1) is 39.4. The Labute approximate surface area is 314 Å². The van der Waals surface area contributed by atoms with Gasteiger partial charge < -0.3 is 34.4 Å². The third-order valence-corrected chi connectivity index (χ3v) is 11.4. The normalized spacial score (nSPS) is 26.3. The number of ether oxygens (including phenoxy) is 3. The number of amides is 3. The molecule has 0 aromatic heterocycles. The van der Waals surface area contributed by atoms with E-state index in [2.05, 4.69) is 34.4 Å². The number of anilines is 1. The molecule has 0 saturated carbocycles. The topological polar surface area (TPSA) is 135 Å². The molecule has 2 bridgehead atoms. The van der Waals surface area contributed by atoms with Crippen molar-refractivity contribution in [1.82, 2.24) is 10.2 Å². The largest absolute Gasteiger partial charge is 0.455 e. The van der Waals surface area contributed by atoms with Crippen molar-refractivity contribution in [3.05, 3.63) is 90.5 Å². The van der Waals surface area contributed by atoms with Gasteiger partial charge in [-0.3, -0.25) is 19.2 Å². The van der Waals surface area contributed by atoms with Crippen LogP contribution in [0.1, 0.15) is 55.4 Å². The first-order valence-electron chi connectivity index (χ1n) is 17.9. The number of allylic oxidation sites excluding steroid dienone is 1. The van der Waals surface area contributed by atoms with Gasteiger partial charge in [0.1, 0.15) is 17.7 Å². The van der Waals surface area contributed by atoms with Gasteiger partial charge in [0.25, 0.3) is 5.91 Å². The molecule has 12 heteroatoms. The van der Waals surface area contributed by atoms with E-state index in [1.807, 2.05) is 57.2 Å². The molecule has 2 aromatic rings. The maximum Gasteiger partial charge on any atom is 0.313 e. The van der Waals surface area contributed by atoms with Crippen molar-refractivity contribution < 1.29 is 38.5 Å². The Morgan fingerprint density at radius 2 is 1.90 bits per heavy atom. The molecule has 3 aliphatic heterocycles. The molecule has 3 aliphatic rings. The molecule has 3 amide bonds. The number of rotatable bonds is 17. The summed E-state index contributed by atoms with van der Waals surface area (Å²) < 4.78 is 18.6. The molecule has 3 heterocycles. The number of aliphatic hydroxyl groups excluding tert-OH is 1. The summed E-state index contributed by atoms with van der Waals surface area (Å²) in [6.07, 6.45) is 2.87. The second-order valence-corrected chi connectivity index (χ2v) is 15.1. The van der Waals surface area contributed by atoms with Crippen molar-refractivity contribution in [2.45, 2.75) is 87.2 Å². The second-order valence-electron chi connectivity index (χ2n) is 13.9. The third-order valence-electron chi connectivity index (χ3n) is 10.5. The molecule has 52 heavy (non-hydrogen) atoms. The summed E-state index contributed by atoms with van der Waals surface area (Å²) in [5.74, 6) is -3.90. The van der Waals surface area contributed by atoms with Crippen molar-refractivity contribution >= 4 is 45.3 Å². The molecular weight excluding hydrogens is 730 g/mol. The molecule has 0 radical (unpaired) electrons. The van der Waals surface area contributed by atoms with Crippen molar-refractivity contribution in [3.8, 4) is 0 Å². The number of hydrogen-bond acceptors (Lipinski definition) is 8. The smallest absolute Gasteiger partial charge is 0.313 e. The van der Waals surface area contributed by atoms with E-state index in [-0.39, 0.29) is 49.2 Å². The first-order valence-corrected chi connectivity index (χ1v) is 18.8. The summed E-state index contributed by atoms with van der Waals surface area (Å²) in [6, 6.07) is 12.3. The summed E-state index contributed by atoms with van der Waals surface area (Å²) in [5.41, 5.74) is 1.74. The standard InChI is InChI=1S/C40H50BrN3O8/c1-7-10-16-31(46)42-29(23-50-6)34(26-14-12-11-13-15-26)51-39(49)32-33-37(47)44(27(9-3)22-45)36(40(33)21-28(41)35(32)52-40)38(48)43(19-8-2)30-20-24(4)17-18-25(30)5/h7-8,11-15,17-18,20,27-29,32-36,45H,1-2,9-10,16,19,21-23H2,3-6H3,(H,42,46)/t27-,28?,29+,32+,33-,34+,35+,36+,40-/m0/s1. The summed E-state index contributed by atoms with van der Waals surface area (Å²) in [5, 5.41) is 13.5. The molecule has 1 unspecified atom stereocenters. The van der Waals surface area contributed by atoms with Gasteiger partial charge in [-0.2, -0.15) is 0 Å². The number of aliphatic hydroxyl groups is 1. The highest BCUT2D eigenvalue weighted by atomic mass is 79.9. The number of benzene rings is 2. The van der Waals surface area contributed by atoms with E-state index < -0.39 is 59.6 Å². The number of methoxy groups -OCH3 is 1. The highest BCUT2D eigenvalue weighted by Crippen LogP contribution is 2.61. The minimum absolute atomic E-state index is 0.0428. The fraction of sp³-hybridized carbons (Fsp3) is 0.500. The van der Waals surface area contributed by atoms with Crippen LogP contribution in [0.2, 0.25) is 0 Å². The van der Waals surface area contributed by atoms with Crippen LogP contribution in [0.25, 0.3) is 0 Å². The Morgan fingerprint density at radius 3 is 2.54 bits per heavy atom. The maximum absolute atomic E-state index is 15.0. The van der Waals surface area contributed by atoms with Crippen molar-refractivity contribution in [2.24, 2.45) is 11.8 Å². The number of fused-ring (bicyclic) bond motifs is 1. The van der Waals surface area contributed by atoms with E-state index >= 15 is 4.79 Å². The number of nitrogens with one attached hydrogen (secondary N) is 1. The molecule has 5 rings (SSSR count). The van der Waals surface area contributed by atoms with E-state index in [4.69, 9.17) is 14.2 Å². The Kier molecular flexibility index (Phi) is 12.8. The van der Waals surface area contributed by atoms with Gasteiger partial charge in [0.05, 0.1) is 43.2 Å². The quantitative estimate of drug-likeness (QED) is 0.134. The van der Waals surface area contributed by atoms with Gasteiger partial charge >= 0.3 is 5.97 Å². The van der Waals surface area contributed by atoms with Gasteiger partial charge in [-0.1, -0.05) is 77.5 Å². The van der Waals surface area contributed by atoms with E-state index in [1.54, 1.807) is 29.2 Å². The molecule has 9 atom stereocenters. The average Bonchev–Trinajstić information content (AvgIpc) is 3.73. The van der Waals surface area contributed by atoms with Crippen LogP contribution >= 0.6 is 15.9 Å². The molecule has 280 valence electrons.